The Kier molecular flexibility index (Phi) is 7.26. The van der Waals surface area contributed by atoms with Crippen LogP contribution in [-0.2, 0) is 24.0 Å². The van der Waals surface area contributed by atoms with E-state index in [1.54, 1.807) is 0 Å². The molecule has 14 nitrogen and oxygen atoms in total. The van der Waals surface area contributed by atoms with Crippen LogP contribution in [0.3, 0.4) is 0 Å². The molecule has 1 aromatic rings. The minimum atomic E-state index is -2.15. The molecular formula is C17H18N5O9+. The molecule has 1 fully saturated rings. The summed E-state index contributed by atoms with van der Waals surface area (Å²) in [6, 6.07) is 3.55. The number of nitrogens with zero attached hydrogens (tertiary/aromatic N) is 4. The Hall–Kier alpha value is -4.00. The van der Waals surface area contributed by atoms with Crippen molar-refractivity contribution in [3.05, 3.63) is 34.2 Å². The number of azide groups is 1. The molecule has 0 spiro atoms. The summed E-state index contributed by atoms with van der Waals surface area (Å²) in [5, 5.41) is 34.5. The minimum Gasteiger partial charge on any atom is -0.507 e. The van der Waals surface area contributed by atoms with Gasteiger partial charge in [-0.05, 0) is 30.2 Å². The van der Waals surface area contributed by atoms with Gasteiger partial charge >= 0.3 is 23.8 Å². The molecular weight excluding hydrogens is 418 g/mol. The highest BCUT2D eigenvalue weighted by Gasteiger charge is 2.55. The van der Waals surface area contributed by atoms with Gasteiger partial charge in [-0.1, -0.05) is 5.11 Å². The van der Waals surface area contributed by atoms with Crippen LogP contribution in [0.15, 0.2) is 23.3 Å². The third kappa shape index (κ3) is 5.54. The van der Waals surface area contributed by atoms with E-state index in [1.165, 1.54) is 6.07 Å². The molecule has 0 aliphatic carbocycles. The Morgan fingerprint density at radius 1 is 1.26 bits per heavy atom. The third-order valence-electron chi connectivity index (χ3n) is 4.39. The van der Waals surface area contributed by atoms with Gasteiger partial charge < -0.3 is 15.5 Å². The standard InChI is InChI=1S/C17H17N5O9/c18-21-20-10-1-2-12(23)11(8-10)16(27)19-6-5-9(17(28)29)7-15(26)31-22(30)13(24)3-4-14(22)25/h1-2,8-9,30H,3-7H2,(H2-,19,23,27,28,29)/p+1. The number of quaternary nitrogens is 1. The van der Waals surface area contributed by atoms with Gasteiger partial charge in [0, 0.05) is 17.1 Å². The largest absolute Gasteiger partial charge is 0.507 e. The van der Waals surface area contributed by atoms with Crippen molar-refractivity contribution in [3.63, 3.8) is 0 Å². The highest BCUT2D eigenvalue weighted by Crippen LogP contribution is 2.24. The fourth-order valence-corrected chi connectivity index (χ4v) is 2.73. The molecule has 0 saturated carbocycles. The van der Waals surface area contributed by atoms with E-state index < -0.39 is 52.6 Å². The highest BCUT2D eigenvalue weighted by atomic mass is 17.0. The number of aliphatic carboxylic acids is 1. The Bertz CT molecular complexity index is 970. The molecule has 164 valence electrons. The number of carboxylic acid groups (broad SMARTS) is 1. The van der Waals surface area contributed by atoms with Crippen LogP contribution in [-0.4, -0.2) is 56.4 Å². The van der Waals surface area contributed by atoms with Gasteiger partial charge in [0.2, 0.25) is 0 Å². The number of aromatic hydroxyl groups is 1. The van der Waals surface area contributed by atoms with E-state index in [-0.39, 0.29) is 37.1 Å². The number of phenolic OH excluding ortho intramolecular Hbond substituents is 1. The van der Waals surface area contributed by atoms with Crippen LogP contribution in [0.25, 0.3) is 10.4 Å². The molecule has 1 unspecified atom stereocenters. The van der Waals surface area contributed by atoms with Gasteiger partial charge in [0.25, 0.3) is 5.91 Å². The lowest BCUT2D eigenvalue weighted by molar-refractivity contribution is -1.12. The number of hydrogen-bond donors (Lipinski definition) is 4. The lowest BCUT2D eigenvalue weighted by Crippen LogP contribution is -2.50. The van der Waals surface area contributed by atoms with Gasteiger partial charge in [0.15, 0.2) is 0 Å². The maximum Gasteiger partial charge on any atom is 0.397 e. The second kappa shape index (κ2) is 9.67. The normalized spacial score (nSPS) is 15.6. The number of imide groups is 1. The summed E-state index contributed by atoms with van der Waals surface area (Å²) in [6.45, 7) is -0.231. The average molecular weight is 436 g/mol. The molecule has 14 heteroatoms. The first kappa shape index (κ1) is 23.3. The van der Waals surface area contributed by atoms with Gasteiger partial charge in [-0.15, -0.1) is 0 Å². The SMILES string of the molecule is [N-]=[N+]=Nc1ccc(O)c(C(=O)NCCC(CC(=O)O[N+]2(O)C(=O)CCC2=O)C(=O)O)c1. The molecule has 2 rings (SSSR count). The fourth-order valence-electron chi connectivity index (χ4n) is 2.73. The van der Waals surface area contributed by atoms with E-state index in [9.17, 15) is 39.4 Å². The van der Waals surface area contributed by atoms with Crippen LogP contribution < -0.4 is 5.32 Å². The second-order valence-electron chi connectivity index (χ2n) is 6.50. The lowest BCUT2D eigenvalue weighted by Gasteiger charge is -2.17. The molecule has 1 aromatic carbocycles. The number of phenols is 1. The van der Waals surface area contributed by atoms with Gasteiger partial charge in [-0.2, -0.15) is 5.21 Å². The molecule has 4 N–H and O–H groups in total. The van der Waals surface area contributed by atoms with Crippen molar-refractivity contribution in [3.8, 4) is 5.75 Å². The minimum absolute atomic E-state index is 0.0728. The van der Waals surface area contributed by atoms with E-state index in [4.69, 9.17) is 5.53 Å². The molecule has 1 aliphatic rings. The molecule has 1 aliphatic heterocycles. The zero-order valence-electron chi connectivity index (χ0n) is 15.9. The van der Waals surface area contributed by atoms with Crippen molar-refractivity contribution in [2.24, 2.45) is 11.0 Å². The molecule has 31 heavy (non-hydrogen) atoms. The molecule has 1 heterocycles. The van der Waals surface area contributed by atoms with E-state index >= 15 is 0 Å². The van der Waals surface area contributed by atoms with Crippen molar-refractivity contribution in [2.45, 2.75) is 25.7 Å². The molecule has 1 atom stereocenters. The third-order valence-corrected chi connectivity index (χ3v) is 4.39. The van der Waals surface area contributed by atoms with Crippen molar-refractivity contribution < 1.29 is 49.0 Å². The fraction of sp³-hybridized carbons (Fsp3) is 0.353. The van der Waals surface area contributed by atoms with Gasteiger partial charge in [0.05, 0.1) is 30.7 Å². The molecule has 3 amide bonds. The lowest BCUT2D eigenvalue weighted by atomic mass is 10.0. The summed E-state index contributed by atoms with van der Waals surface area (Å²) in [4.78, 5) is 63.5. The predicted octanol–water partition coefficient (Wildman–Crippen LogP) is 1.06. The number of hydrogen-bond acceptors (Lipinski definition) is 9. The average Bonchev–Trinajstić information content (AvgIpc) is 2.95. The maximum absolute atomic E-state index is 12.2. The number of nitrogens with one attached hydrogen (secondary N) is 1. The van der Waals surface area contributed by atoms with E-state index in [0.717, 1.165) is 12.1 Å². The van der Waals surface area contributed by atoms with Crippen LogP contribution >= 0.6 is 0 Å². The highest BCUT2D eigenvalue weighted by molar-refractivity contribution is 5.97. The summed E-state index contributed by atoms with van der Waals surface area (Å²) in [7, 11) is 0. The first-order chi connectivity index (χ1) is 14.6. The number of rotatable bonds is 9. The van der Waals surface area contributed by atoms with Crippen molar-refractivity contribution in [1.82, 2.24) is 5.32 Å². The topological polar surface area (TPSA) is 216 Å². The molecule has 0 bridgehead atoms. The zero-order valence-corrected chi connectivity index (χ0v) is 15.9. The smallest absolute Gasteiger partial charge is 0.397 e. The van der Waals surface area contributed by atoms with Crippen LogP contribution in [0.5, 0.6) is 5.75 Å². The van der Waals surface area contributed by atoms with Crippen molar-refractivity contribution >= 4 is 35.3 Å². The number of hydroxylamine groups is 4. The van der Waals surface area contributed by atoms with Gasteiger partial charge in [-0.25, -0.2) is 19.2 Å². The summed E-state index contributed by atoms with van der Waals surface area (Å²) in [5.74, 6) is -7.33. The van der Waals surface area contributed by atoms with Crippen LogP contribution in [0.4, 0.5) is 5.69 Å². The zero-order chi connectivity index (χ0) is 23.2. The van der Waals surface area contributed by atoms with Crippen molar-refractivity contribution in [2.75, 3.05) is 6.54 Å². The Labute approximate surface area is 173 Å². The Morgan fingerprint density at radius 3 is 2.48 bits per heavy atom. The van der Waals surface area contributed by atoms with Gasteiger partial charge in [-0.3, -0.25) is 9.59 Å². The number of carboxylic acids is 1. The first-order valence-corrected chi connectivity index (χ1v) is 8.88. The van der Waals surface area contributed by atoms with Crippen molar-refractivity contribution in [1.29, 1.82) is 0 Å². The summed E-state index contributed by atoms with van der Waals surface area (Å²) in [6.07, 6.45) is -1.65. The van der Waals surface area contributed by atoms with E-state index in [0.29, 0.717) is 0 Å². The van der Waals surface area contributed by atoms with Crippen LogP contribution in [0.1, 0.15) is 36.0 Å². The number of carbonyl (C=O) groups is 5. The quantitative estimate of drug-likeness (QED) is 0.108. The monoisotopic (exact) mass is 436 g/mol. The van der Waals surface area contributed by atoms with Gasteiger partial charge in [0.1, 0.15) is 10.6 Å². The Morgan fingerprint density at radius 2 is 1.90 bits per heavy atom. The first-order valence-electron chi connectivity index (χ1n) is 8.88. The van der Waals surface area contributed by atoms with E-state index in [1.807, 2.05) is 0 Å². The summed E-state index contributed by atoms with van der Waals surface area (Å²) < 4.78 is 0. The molecule has 0 radical (unpaired) electrons. The summed E-state index contributed by atoms with van der Waals surface area (Å²) >= 11 is 0. The molecule has 0 aromatic heterocycles. The number of carbonyl (C=O) groups excluding carboxylic acids is 4. The van der Waals surface area contributed by atoms with E-state index in [2.05, 4.69) is 20.2 Å². The number of amides is 3. The maximum atomic E-state index is 12.2. The summed E-state index contributed by atoms with van der Waals surface area (Å²) in [5.41, 5.74) is 8.29. The van der Waals surface area contributed by atoms with Crippen LogP contribution in [0, 0.1) is 5.92 Å². The van der Waals surface area contributed by atoms with Crippen LogP contribution in [0.2, 0.25) is 0 Å². The second-order valence-corrected chi connectivity index (χ2v) is 6.50. The molecule has 1 saturated heterocycles. The number of benzene rings is 1. The Balaban J connectivity index is 1.95. The predicted molar refractivity (Wildman–Crippen MR) is 97.0 cm³/mol.